The molecule has 0 radical (unpaired) electrons. The lowest BCUT2D eigenvalue weighted by Gasteiger charge is -2.05. The van der Waals surface area contributed by atoms with Crippen LogP contribution in [0.25, 0.3) is 0 Å². The Morgan fingerprint density at radius 3 is 2.91 bits per heavy atom. The van der Waals surface area contributed by atoms with Gasteiger partial charge in [-0.1, -0.05) is 0 Å². The summed E-state index contributed by atoms with van der Waals surface area (Å²) in [5, 5.41) is 6.56. The van der Waals surface area contributed by atoms with Crippen molar-refractivity contribution in [1.29, 1.82) is 0 Å². The third kappa shape index (κ3) is 2.03. The number of amides is 1. The number of H-pyrrole nitrogens is 1. The van der Waals surface area contributed by atoms with E-state index >= 15 is 0 Å². The van der Waals surface area contributed by atoms with E-state index in [1.807, 2.05) is 6.92 Å². The van der Waals surface area contributed by atoms with Gasteiger partial charge in [0.1, 0.15) is 5.82 Å². The molecular weight excluding hydrogens is 144 g/mol. The highest BCUT2D eigenvalue weighted by molar-refractivity contribution is 5.46. The van der Waals surface area contributed by atoms with Gasteiger partial charge in [-0.15, -0.1) is 0 Å². The Bertz CT molecular complexity index is 244. The lowest BCUT2D eigenvalue weighted by molar-refractivity contribution is -0.117. The molecule has 0 unspecified atom stereocenters. The van der Waals surface area contributed by atoms with Crippen LogP contribution in [-0.2, 0) is 11.3 Å². The molecule has 0 fully saturated rings. The molecule has 60 valence electrons. The van der Waals surface area contributed by atoms with E-state index in [9.17, 15) is 4.79 Å². The molecule has 1 aromatic heterocycles. The second-order valence-corrected chi connectivity index (χ2v) is 2.36. The van der Waals surface area contributed by atoms with Crippen LogP contribution in [0.15, 0.2) is 0 Å². The van der Waals surface area contributed by atoms with Crippen molar-refractivity contribution in [3.8, 4) is 0 Å². The molecule has 0 aromatic carbocycles. The minimum Gasteiger partial charge on any atom is -0.341 e. The van der Waals surface area contributed by atoms with Crippen LogP contribution in [0.1, 0.15) is 11.6 Å². The lowest BCUT2D eigenvalue weighted by atomic mass is 10.5. The average molecular weight is 154 g/mol. The van der Waals surface area contributed by atoms with E-state index in [0.29, 0.717) is 12.4 Å². The van der Waals surface area contributed by atoms with Crippen LogP contribution in [0.4, 0.5) is 0 Å². The van der Waals surface area contributed by atoms with Crippen molar-refractivity contribution in [3.63, 3.8) is 0 Å². The van der Waals surface area contributed by atoms with Gasteiger partial charge in [0.15, 0.2) is 5.82 Å². The predicted molar refractivity (Wildman–Crippen MR) is 38.7 cm³/mol. The maximum absolute atomic E-state index is 10.2. The Hall–Kier alpha value is -1.39. The summed E-state index contributed by atoms with van der Waals surface area (Å²) in [6.45, 7) is 2.27. The Kier molecular flexibility index (Phi) is 2.20. The van der Waals surface area contributed by atoms with Gasteiger partial charge in [0.05, 0.1) is 6.54 Å². The van der Waals surface area contributed by atoms with Crippen molar-refractivity contribution in [1.82, 2.24) is 20.1 Å². The van der Waals surface area contributed by atoms with Crippen LogP contribution in [0, 0.1) is 6.92 Å². The van der Waals surface area contributed by atoms with E-state index < -0.39 is 0 Å². The normalized spacial score (nSPS) is 9.64. The molecule has 0 bridgehead atoms. The van der Waals surface area contributed by atoms with Gasteiger partial charge in [0.2, 0.25) is 6.41 Å². The van der Waals surface area contributed by atoms with Gasteiger partial charge in [-0.2, -0.15) is 5.10 Å². The highest BCUT2D eigenvalue weighted by Crippen LogP contribution is 1.93. The number of aryl methyl sites for hydroxylation is 1. The van der Waals surface area contributed by atoms with Gasteiger partial charge in [0.25, 0.3) is 0 Å². The van der Waals surface area contributed by atoms with Crippen molar-refractivity contribution in [2.24, 2.45) is 0 Å². The van der Waals surface area contributed by atoms with Crippen LogP contribution in [0.3, 0.4) is 0 Å². The monoisotopic (exact) mass is 154 g/mol. The van der Waals surface area contributed by atoms with Crippen LogP contribution >= 0.6 is 0 Å². The molecule has 1 rings (SSSR count). The number of rotatable bonds is 3. The smallest absolute Gasteiger partial charge is 0.209 e. The van der Waals surface area contributed by atoms with Gasteiger partial charge in [-0.25, -0.2) is 4.98 Å². The van der Waals surface area contributed by atoms with Gasteiger partial charge < -0.3 is 4.90 Å². The molecule has 1 N–H and O–H groups in total. The second kappa shape index (κ2) is 3.14. The highest BCUT2D eigenvalue weighted by atomic mass is 16.1. The predicted octanol–water partition coefficient (Wildman–Crippen LogP) is -0.299. The summed E-state index contributed by atoms with van der Waals surface area (Å²) in [6.07, 6.45) is 0.742. The maximum atomic E-state index is 10.2. The first-order chi connectivity index (χ1) is 5.22. The minimum absolute atomic E-state index is 0.452. The molecule has 0 saturated carbocycles. The Morgan fingerprint density at radius 1 is 1.73 bits per heavy atom. The standard InChI is InChI=1S/C6H10N4O/c1-5-7-6(9-8-5)3-10(2)4-11/h4H,3H2,1-2H3,(H,7,8,9). The van der Waals surface area contributed by atoms with Gasteiger partial charge >= 0.3 is 0 Å². The van der Waals surface area contributed by atoms with E-state index in [0.717, 1.165) is 12.2 Å². The summed E-state index contributed by atoms with van der Waals surface area (Å²) in [5.41, 5.74) is 0. The number of aromatic nitrogens is 3. The molecule has 0 aliphatic rings. The SMILES string of the molecule is Cc1nc(CN(C)C=O)n[nH]1. The van der Waals surface area contributed by atoms with Crippen molar-refractivity contribution < 1.29 is 4.79 Å². The molecule has 0 atom stereocenters. The van der Waals surface area contributed by atoms with E-state index in [2.05, 4.69) is 15.2 Å². The van der Waals surface area contributed by atoms with Gasteiger partial charge in [0, 0.05) is 7.05 Å². The fraction of sp³-hybridized carbons (Fsp3) is 0.500. The molecule has 1 aromatic rings. The number of aromatic amines is 1. The highest BCUT2D eigenvalue weighted by Gasteiger charge is 2.01. The summed E-state index contributed by atoms with van der Waals surface area (Å²) in [5.74, 6) is 1.40. The zero-order chi connectivity index (χ0) is 8.27. The third-order valence-electron chi connectivity index (χ3n) is 1.21. The number of carbonyl (C=O) groups is 1. The largest absolute Gasteiger partial charge is 0.341 e. The fourth-order valence-electron chi connectivity index (χ4n) is 0.720. The molecule has 1 heterocycles. The molecule has 5 nitrogen and oxygen atoms in total. The van der Waals surface area contributed by atoms with Crippen molar-refractivity contribution >= 4 is 6.41 Å². The Morgan fingerprint density at radius 2 is 2.45 bits per heavy atom. The Labute approximate surface area is 64.4 Å². The van der Waals surface area contributed by atoms with Crippen molar-refractivity contribution in [3.05, 3.63) is 11.6 Å². The fourth-order valence-corrected chi connectivity index (χ4v) is 0.720. The summed E-state index contributed by atoms with van der Waals surface area (Å²) in [7, 11) is 1.68. The summed E-state index contributed by atoms with van der Waals surface area (Å²) in [6, 6.07) is 0. The zero-order valence-corrected chi connectivity index (χ0v) is 6.53. The molecule has 0 aliphatic carbocycles. The number of hydrogen-bond donors (Lipinski definition) is 1. The molecule has 0 spiro atoms. The van der Waals surface area contributed by atoms with Crippen LogP contribution in [0.5, 0.6) is 0 Å². The number of carbonyl (C=O) groups excluding carboxylic acids is 1. The average Bonchev–Trinajstić information content (AvgIpc) is 2.35. The van der Waals surface area contributed by atoms with E-state index in [4.69, 9.17) is 0 Å². The first kappa shape index (κ1) is 7.71. The first-order valence-corrected chi connectivity index (χ1v) is 3.26. The molecular formula is C6H10N4O. The Balaban J connectivity index is 2.57. The molecule has 0 aliphatic heterocycles. The van der Waals surface area contributed by atoms with E-state index in [1.54, 1.807) is 7.05 Å². The quantitative estimate of drug-likeness (QED) is 0.608. The number of hydrogen-bond acceptors (Lipinski definition) is 3. The van der Waals surface area contributed by atoms with Crippen LogP contribution in [0.2, 0.25) is 0 Å². The van der Waals surface area contributed by atoms with Crippen molar-refractivity contribution in [2.45, 2.75) is 13.5 Å². The number of nitrogens with zero attached hydrogens (tertiary/aromatic N) is 3. The molecule has 11 heavy (non-hydrogen) atoms. The zero-order valence-electron chi connectivity index (χ0n) is 6.53. The summed E-state index contributed by atoms with van der Waals surface area (Å²) >= 11 is 0. The molecule has 0 saturated heterocycles. The second-order valence-electron chi connectivity index (χ2n) is 2.36. The third-order valence-corrected chi connectivity index (χ3v) is 1.21. The van der Waals surface area contributed by atoms with Crippen molar-refractivity contribution in [2.75, 3.05) is 7.05 Å². The topological polar surface area (TPSA) is 61.9 Å². The van der Waals surface area contributed by atoms with Gasteiger partial charge in [-0.05, 0) is 6.92 Å². The minimum atomic E-state index is 0.452. The summed E-state index contributed by atoms with van der Waals surface area (Å²) < 4.78 is 0. The maximum Gasteiger partial charge on any atom is 0.209 e. The summed E-state index contributed by atoms with van der Waals surface area (Å²) in [4.78, 5) is 15.7. The number of nitrogens with one attached hydrogen (secondary N) is 1. The van der Waals surface area contributed by atoms with E-state index in [1.165, 1.54) is 4.90 Å². The molecule has 1 amide bonds. The van der Waals surface area contributed by atoms with Crippen LogP contribution < -0.4 is 0 Å². The molecule has 5 heteroatoms. The first-order valence-electron chi connectivity index (χ1n) is 3.26. The van der Waals surface area contributed by atoms with E-state index in [-0.39, 0.29) is 0 Å². The lowest BCUT2D eigenvalue weighted by Crippen LogP contribution is -2.15. The van der Waals surface area contributed by atoms with Gasteiger partial charge in [-0.3, -0.25) is 9.89 Å². The van der Waals surface area contributed by atoms with Crippen LogP contribution in [-0.4, -0.2) is 33.5 Å².